The van der Waals surface area contributed by atoms with Crippen LogP contribution in [0.1, 0.15) is 6.42 Å². The number of nitrogens with one attached hydrogen (secondary N) is 1. The molecule has 1 atom stereocenters. The maximum absolute atomic E-state index is 10.3. The number of nitrogens with two attached hydrogens (primary N) is 1. The largest absolute Gasteiger partial charge is 0.369 e. The second kappa shape index (κ2) is 2.98. The fourth-order valence-corrected chi connectivity index (χ4v) is 2.14. The molecule has 0 radical (unpaired) electrons. The predicted molar refractivity (Wildman–Crippen MR) is 40.3 cm³/mol. The van der Waals surface area contributed by atoms with Crippen LogP contribution in [-0.2, 0) is 4.79 Å². The van der Waals surface area contributed by atoms with Gasteiger partial charge in [-0.05, 0) is 11.8 Å². The quantitative estimate of drug-likeness (QED) is 0.514. The van der Waals surface area contributed by atoms with E-state index in [9.17, 15) is 4.79 Å². The number of rotatable bonds is 2. The molecule has 0 aliphatic carbocycles. The van der Waals surface area contributed by atoms with Crippen LogP contribution in [0.3, 0.4) is 0 Å². The van der Waals surface area contributed by atoms with Crippen LogP contribution in [-0.4, -0.2) is 23.6 Å². The summed E-state index contributed by atoms with van der Waals surface area (Å²) >= 11 is 0. The molecule has 1 unspecified atom stereocenters. The summed E-state index contributed by atoms with van der Waals surface area (Å²) in [4.78, 5) is 10.3. The maximum Gasteiger partial charge on any atom is 0.228 e. The lowest BCUT2D eigenvalue weighted by Crippen LogP contribution is -2.17. The van der Waals surface area contributed by atoms with Crippen molar-refractivity contribution in [2.24, 2.45) is 5.73 Å². The van der Waals surface area contributed by atoms with Gasteiger partial charge in [-0.15, -0.1) is 10.7 Å². The molecule has 1 heterocycles. The van der Waals surface area contributed by atoms with Crippen molar-refractivity contribution in [2.75, 3.05) is 12.3 Å². The predicted octanol–water partition coefficient (Wildman–Crippen LogP) is -0.549. The fourth-order valence-electron chi connectivity index (χ4n) is 0.713. The van der Waals surface area contributed by atoms with E-state index in [-0.39, 0.29) is 16.6 Å². The van der Waals surface area contributed by atoms with E-state index < -0.39 is 0 Å². The highest BCUT2D eigenvalue weighted by Crippen LogP contribution is 2.09. The first kappa shape index (κ1) is 6.77. The van der Waals surface area contributed by atoms with Gasteiger partial charge in [-0.3, -0.25) is 9.52 Å². The lowest BCUT2D eigenvalue weighted by atomic mass is 10.5. The topological polar surface area (TPSA) is 55.1 Å². The zero-order chi connectivity index (χ0) is 6.69. The van der Waals surface area contributed by atoms with Gasteiger partial charge >= 0.3 is 0 Å². The van der Waals surface area contributed by atoms with Crippen molar-refractivity contribution >= 4 is 21.9 Å². The summed E-state index contributed by atoms with van der Waals surface area (Å²) < 4.78 is 3.16. The van der Waals surface area contributed by atoms with Crippen molar-refractivity contribution in [3.63, 3.8) is 0 Å². The molecule has 0 spiro atoms. The Morgan fingerprint density at radius 2 is 2.67 bits per heavy atom. The van der Waals surface area contributed by atoms with Crippen LogP contribution in [0.4, 0.5) is 0 Å². The Morgan fingerprint density at radius 3 is 3.11 bits per heavy atom. The fraction of sp³-hybridized carbons (Fsp3) is 0.600. The number of primary amides is 1. The molecule has 9 heavy (non-hydrogen) atoms. The van der Waals surface area contributed by atoms with Crippen molar-refractivity contribution < 1.29 is 4.79 Å². The molecule has 0 aromatic rings. The highest BCUT2D eigenvalue weighted by Gasteiger charge is 2.03. The summed E-state index contributed by atoms with van der Waals surface area (Å²) in [5.74, 6) is 0.254. The van der Waals surface area contributed by atoms with E-state index in [1.54, 1.807) is 0 Å². The first-order valence-corrected chi connectivity index (χ1v) is 4.29. The lowest BCUT2D eigenvalue weighted by Gasteiger charge is -1.98. The molecule has 4 heteroatoms. The molecule has 1 aliphatic rings. The van der Waals surface area contributed by atoms with Crippen molar-refractivity contribution in [1.82, 2.24) is 4.72 Å². The van der Waals surface area contributed by atoms with Gasteiger partial charge in [0, 0.05) is 6.54 Å². The second-order valence-corrected chi connectivity index (χ2v) is 3.66. The summed E-state index contributed by atoms with van der Waals surface area (Å²) in [5.41, 5.74) is 4.98. The van der Waals surface area contributed by atoms with Gasteiger partial charge in [-0.25, -0.2) is 0 Å². The number of amides is 1. The molecule has 52 valence electrons. The van der Waals surface area contributed by atoms with Crippen molar-refractivity contribution in [1.29, 1.82) is 0 Å². The van der Waals surface area contributed by atoms with E-state index in [1.807, 2.05) is 0 Å². The van der Waals surface area contributed by atoms with E-state index in [4.69, 9.17) is 5.73 Å². The molecule has 3 nitrogen and oxygen atoms in total. The van der Waals surface area contributed by atoms with Crippen LogP contribution >= 0.6 is 10.7 Å². The number of carbonyl (C=O) groups is 1. The highest BCUT2D eigenvalue weighted by atomic mass is 32.2. The summed E-state index contributed by atoms with van der Waals surface area (Å²) in [5, 5.41) is 2.12. The van der Waals surface area contributed by atoms with Gasteiger partial charge in [0.2, 0.25) is 5.91 Å². The monoisotopic (exact) mass is 146 g/mol. The zero-order valence-electron chi connectivity index (χ0n) is 5.09. The Labute approximate surface area is 56.7 Å². The molecule has 1 aliphatic heterocycles. The van der Waals surface area contributed by atoms with E-state index >= 15 is 0 Å². The normalized spacial score (nSPS) is 25.6. The van der Waals surface area contributed by atoms with Gasteiger partial charge in [0.25, 0.3) is 0 Å². The van der Waals surface area contributed by atoms with Crippen LogP contribution in [0.15, 0.2) is 0 Å². The first-order chi connectivity index (χ1) is 4.29. The van der Waals surface area contributed by atoms with E-state index in [0.29, 0.717) is 5.75 Å². The third-order valence-corrected chi connectivity index (χ3v) is 2.86. The molecule has 1 amide bonds. The van der Waals surface area contributed by atoms with Gasteiger partial charge in [-0.2, -0.15) is 0 Å². The number of carbonyl (C=O) groups excluding carboxylic acids is 1. The van der Waals surface area contributed by atoms with Crippen LogP contribution in [0.2, 0.25) is 0 Å². The summed E-state index contributed by atoms with van der Waals surface area (Å²) in [6, 6.07) is 0. The minimum atomic E-state index is -0.219. The third kappa shape index (κ3) is 2.15. The molecule has 0 aromatic heterocycles. The molecule has 1 rings (SSSR count). The third-order valence-electron chi connectivity index (χ3n) is 1.05. The van der Waals surface area contributed by atoms with Gasteiger partial charge in [0.1, 0.15) is 0 Å². The molecular formula is C5H10N2OS. The Morgan fingerprint density at radius 1 is 1.89 bits per heavy atom. The second-order valence-electron chi connectivity index (χ2n) is 1.89. The summed E-state index contributed by atoms with van der Waals surface area (Å²) in [7, 11) is -0.00694. The summed E-state index contributed by atoms with van der Waals surface area (Å²) in [6.07, 6.45) is 1.07. The molecule has 0 saturated heterocycles. The first-order valence-electron chi connectivity index (χ1n) is 2.84. The Bertz CT molecular complexity index is 155. The SMILES string of the molecule is NC(=O)CS1=CCCN1. The Balaban J connectivity index is 2.35. The maximum atomic E-state index is 10.3. The summed E-state index contributed by atoms with van der Waals surface area (Å²) in [6.45, 7) is 0.996. The average Bonchev–Trinajstić information content (AvgIpc) is 2.15. The molecule has 0 bridgehead atoms. The van der Waals surface area contributed by atoms with Crippen molar-refractivity contribution in [2.45, 2.75) is 6.42 Å². The van der Waals surface area contributed by atoms with E-state index in [2.05, 4.69) is 10.1 Å². The Kier molecular flexibility index (Phi) is 2.24. The van der Waals surface area contributed by atoms with Gasteiger partial charge < -0.3 is 5.73 Å². The van der Waals surface area contributed by atoms with Crippen LogP contribution in [0, 0.1) is 0 Å². The minimum absolute atomic E-state index is 0.00694. The molecule has 0 saturated carbocycles. The molecule has 0 aromatic carbocycles. The van der Waals surface area contributed by atoms with E-state index in [1.165, 1.54) is 0 Å². The average molecular weight is 146 g/mol. The zero-order valence-corrected chi connectivity index (χ0v) is 5.91. The molecule has 3 N–H and O–H groups in total. The molecular weight excluding hydrogens is 136 g/mol. The van der Waals surface area contributed by atoms with Gasteiger partial charge in [-0.1, -0.05) is 0 Å². The number of hydrogen-bond acceptors (Lipinski definition) is 2. The lowest BCUT2D eigenvalue weighted by molar-refractivity contribution is -0.115. The van der Waals surface area contributed by atoms with Gasteiger partial charge in [0.15, 0.2) is 0 Å². The minimum Gasteiger partial charge on any atom is -0.369 e. The van der Waals surface area contributed by atoms with Crippen LogP contribution < -0.4 is 10.5 Å². The standard InChI is InChI=1S/C5H10N2OS/c6-5(8)4-9-3-1-2-7-9/h3,7H,1-2,4H2,(H2,6,8). The molecule has 0 fully saturated rings. The van der Waals surface area contributed by atoms with E-state index in [0.717, 1.165) is 13.0 Å². The van der Waals surface area contributed by atoms with Crippen molar-refractivity contribution in [3.8, 4) is 0 Å². The smallest absolute Gasteiger partial charge is 0.228 e. The van der Waals surface area contributed by atoms with Gasteiger partial charge in [0.05, 0.1) is 5.75 Å². The van der Waals surface area contributed by atoms with Crippen LogP contribution in [0.25, 0.3) is 0 Å². The Hall–Kier alpha value is -0.350. The number of hydrogen-bond donors (Lipinski definition) is 2. The van der Waals surface area contributed by atoms with Crippen molar-refractivity contribution in [3.05, 3.63) is 0 Å². The highest BCUT2D eigenvalue weighted by molar-refractivity contribution is 8.14. The van der Waals surface area contributed by atoms with Crippen LogP contribution in [0.5, 0.6) is 0 Å².